The normalized spacial score (nSPS) is 16.5. The molecular weight excluding hydrogens is 418 g/mol. The summed E-state index contributed by atoms with van der Waals surface area (Å²) in [7, 11) is -0.834. The Morgan fingerprint density at radius 1 is 1.23 bits per heavy atom. The minimum absolute atomic E-state index is 0.0381. The van der Waals surface area contributed by atoms with Gasteiger partial charge in [-0.25, -0.2) is 13.1 Å². The van der Waals surface area contributed by atoms with Crippen molar-refractivity contribution in [2.24, 2.45) is 13.0 Å². The van der Waals surface area contributed by atoms with Gasteiger partial charge in [-0.3, -0.25) is 14.3 Å². The number of rotatable bonds is 6. The summed E-state index contributed by atoms with van der Waals surface area (Å²) >= 11 is 0. The van der Waals surface area contributed by atoms with Gasteiger partial charge in [0.15, 0.2) is 5.82 Å². The van der Waals surface area contributed by atoms with Crippen LogP contribution in [0.15, 0.2) is 23.1 Å². The highest BCUT2D eigenvalue weighted by atomic mass is 32.2. The van der Waals surface area contributed by atoms with Crippen molar-refractivity contribution < 1.29 is 18.0 Å². The highest BCUT2D eigenvalue weighted by molar-refractivity contribution is 7.89. The molecule has 0 unspecified atom stereocenters. The van der Waals surface area contributed by atoms with Gasteiger partial charge in [-0.1, -0.05) is 0 Å². The molecule has 1 fully saturated rings. The fourth-order valence-electron chi connectivity index (χ4n) is 4.34. The van der Waals surface area contributed by atoms with Crippen LogP contribution in [0.2, 0.25) is 0 Å². The van der Waals surface area contributed by atoms with Crippen LogP contribution in [0.4, 0.5) is 5.82 Å². The lowest BCUT2D eigenvalue weighted by Gasteiger charge is -2.36. The summed E-state index contributed by atoms with van der Waals surface area (Å²) in [5.41, 5.74) is 1.80. The number of nitrogens with zero attached hydrogens (tertiary/aromatic N) is 3. The molecule has 31 heavy (non-hydrogen) atoms. The smallest absolute Gasteiger partial charge is 0.256 e. The molecule has 2 N–H and O–H groups in total. The van der Waals surface area contributed by atoms with E-state index in [4.69, 9.17) is 0 Å². The number of aryl methyl sites for hydroxylation is 1. The molecule has 2 aromatic rings. The van der Waals surface area contributed by atoms with Crippen LogP contribution in [0.5, 0.6) is 0 Å². The van der Waals surface area contributed by atoms with Gasteiger partial charge in [-0.05, 0) is 57.4 Å². The maximum atomic E-state index is 13.4. The third-order valence-corrected chi connectivity index (χ3v) is 7.72. The molecule has 0 bridgehead atoms. The molecule has 2 aliphatic rings. The Labute approximate surface area is 181 Å². The molecule has 10 heteroatoms. The van der Waals surface area contributed by atoms with E-state index in [0.29, 0.717) is 35.1 Å². The molecule has 2 amide bonds. The Bertz CT molecular complexity index is 1190. The van der Waals surface area contributed by atoms with Crippen molar-refractivity contribution in [1.82, 2.24) is 19.4 Å². The zero-order chi connectivity index (χ0) is 22.7. The van der Waals surface area contributed by atoms with Crippen LogP contribution in [-0.2, 0) is 28.4 Å². The standard InChI is InChI=1S/C21H27N5O4S/c1-12(27)23-18-10-16(25(5)24-18)13-8-14-11-26(21(2,3)15-6-7-15)20(28)19(14)17(9-13)31(29,30)22-4/h8-10,15,22H,6-7,11H2,1-5H3,(H,23,24,27). The van der Waals surface area contributed by atoms with Crippen molar-refractivity contribution in [3.8, 4) is 11.3 Å². The largest absolute Gasteiger partial charge is 0.329 e. The summed E-state index contributed by atoms with van der Waals surface area (Å²) in [6.07, 6.45) is 2.14. The first-order valence-electron chi connectivity index (χ1n) is 10.2. The van der Waals surface area contributed by atoms with E-state index in [1.54, 1.807) is 22.7 Å². The summed E-state index contributed by atoms with van der Waals surface area (Å²) < 4.78 is 29.7. The number of carbonyl (C=O) groups excluding carboxylic acids is 2. The number of aromatic nitrogens is 2. The fourth-order valence-corrected chi connectivity index (χ4v) is 5.33. The molecule has 166 valence electrons. The second-order valence-electron chi connectivity index (χ2n) is 8.75. The highest BCUT2D eigenvalue weighted by Crippen LogP contribution is 2.46. The minimum atomic E-state index is -3.88. The van der Waals surface area contributed by atoms with Crippen molar-refractivity contribution in [2.75, 3.05) is 12.4 Å². The highest BCUT2D eigenvalue weighted by Gasteiger charge is 2.48. The van der Waals surface area contributed by atoms with Gasteiger partial charge >= 0.3 is 0 Å². The second kappa shape index (κ2) is 7.16. The number of sulfonamides is 1. The van der Waals surface area contributed by atoms with Gasteiger partial charge in [0.25, 0.3) is 5.91 Å². The summed E-state index contributed by atoms with van der Waals surface area (Å²) in [5, 5.41) is 6.91. The number of benzene rings is 1. The predicted octanol–water partition coefficient (Wildman–Crippen LogP) is 2.10. The fraction of sp³-hybridized carbons (Fsp3) is 0.476. The molecule has 0 radical (unpaired) electrons. The maximum absolute atomic E-state index is 13.4. The van der Waals surface area contributed by atoms with Gasteiger partial charge in [0.05, 0.1) is 16.2 Å². The number of anilines is 1. The van der Waals surface area contributed by atoms with E-state index >= 15 is 0 Å². The third kappa shape index (κ3) is 3.63. The summed E-state index contributed by atoms with van der Waals surface area (Å²) in [4.78, 5) is 26.5. The number of carbonyl (C=O) groups is 2. The zero-order valence-electron chi connectivity index (χ0n) is 18.3. The Morgan fingerprint density at radius 3 is 2.48 bits per heavy atom. The lowest BCUT2D eigenvalue weighted by molar-refractivity contribution is -0.114. The van der Waals surface area contributed by atoms with Crippen LogP contribution < -0.4 is 10.0 Å². The SMILES string of the molecule is CNS(=O)(=O)c1cc(-c2cc(NC(C)=O)nn2C)cc2c1C(=O)N(C(C)(C)C1CC1)C2. The van der Waals surface area contributed by atoms with E-state index in [0.717, 1.165) is 12.8 Å². The lowest BCUT2D eigenvalue weighted by Crippen LogP contribution is -2.45. The van der Waals surface area contributed by atoms with Gasteiger partial charge < -0.3 is 10.2 Å². The Hall–Kier alpha value is -2.72. The van der Waals surface area contributed by atoms with Crippen LogP contribution in [0.1, 0.15) is 49.5 Å². The first-order chi connectivity index (χ1) is 14.5. The number of hydrogen-bond donors (Lipinski definition) is 2. The van der Waals surface area contributed by atoms with E-state index in [2.05, 4.69) is 15.1 Å². The van der Waals surface area contributed by atoms with Crippen LogP contribution in [0, 0.1) is 5.92 Å². The van der Waals surface area contributed by atoms with Gasteiger partial charge in [-0.15, -0.1) is 0 Å². The monoisotopic (exact) mass is 445 g/mol. The van der Waals surface area contributed by atoms with Crippen LogP contribution >= 0.6 is 0 Å². The molecule has 0 atom stereocenters. The van der Waals surface area contributed by atoms with E-state index in [9.17, 15) is 18.0 Å². The van der Waals surface area contributed by atoms with Gasteiger partial charge in [0, 0.05) is 37.7 Å². The van der Waals surface area contributed by atoms with Crippen molar-refractivity contribution in [1.29, 1.82) is 0 Å². The molecule has 1 aromatic carbocycles. The van der Waals surface area contributed by atoms with E-state index in [-0.39, 0.29) is 27.8 Å². The van der Waals surface area contributed by atoms with Crippen LogP contribution in [-0.4, -0.2) is 47.5 Å². The second-order valence-corrected chi connectivity index (χ2v) is 10.6. The average molecular weight is 446 g/mol. The average Bonchev–Trinajstić information content (AvgIpc) is 3.42. The summed E-state index contributed by atoms with van der Waals surface area (Å²) in [6, 6.07) is 5.03. The molecular formula is C21H27N5O4S. The molecule has 0 saturated heterocycles. The maximum Gasteiger partial charge on any atom is 0.256 e. The Balaban J connectivity index is 1.86. The van der Waals surface area contributed by atoms with E-state index in [1.807, 2.05) is 19.9 Å². The molecule has 9 nitrogen and oxygen atoms in total. The quantitative estimate of drug-likeness (QED) is 0.707. The van der Waals surface area contributed by atoms with Crippen molar-refractivity contribution in [3.05, 3.63) is 29.3 Å². The Kier molecular flexibility index (Phi) is 4.97. The molecule has 2 heterocycles. The van der Waals surface area contributed by atoms with Crippen LogP contribution in [0.25, 0.3) is 11.3 Å². The zero-order valence-corrected chi connectivity index (χ0v) is 19.1. The first-order valence-corrected chi connectivity index (χ1v) is 11.7. The molecule has 4 rings (SSSR count). The summed E-state index contributed by atoms with van der Waals surface area (Å²) in [6.45, 7) is 5.84. The summed E-state index contributed by atoms with van der Waals surface area (Å²) in [5.74, 6) is 0.291. The van der Waals surface area contributed by atoms with Gasteiger partial charge in [0.2, 0.25) is 15.9 Å². The molecule has 0 spiro atoms. The van der Waals surface area contributed by atoms with Crippen molar-refractivity contribution in [2.45, 2.75) is 50.6 Å². The molecule has 1 aromatic heterocycles. The topological polar surface area (TPSA) is 113 Å². The van der Waals surface area contributed by atoms with Crippen molar-refractivity contribution in [3.63, 3.8) is 0 Å². The van der Waals surface area contributed by atoms with Crippen LogP contribution in [0.3, 0.4) is 0 Å². The number of nitrogens with one attached hydrogen (secondary N) is 2. The number of amides is 2. The number of hydrogen-bond acceptors (Lipinski definition) is 5. The van der Waals surface area contributed by atoms with E-state index in [1.165, 1.54) is 20.0 Å². The van der Waals surface area contributed by atoms with Gasteiger partial charge in [0.1, 0.15) is 0 Å². The molecule has 1 aliphatic heterocycles. The Morgan fingerprint density at radius 2 is 1.90 bits per heavy atom. The first kappa shape index (κ1) is 21.5. The molecule has 1 aliphatic carbocycles. The number of fused-ring (bicyclic) bond motifs is 1. The predicted molar refractivity (Wildman–Crippen MR) is 116 cm³/mol. The lowest BCUT2D eigenvalue weighted by atomic mass is 9.96. The van der Waals surface area contributed by atoms with E-state index < -0.39 is 10.0 Å². The minimum Gasteiger partial charge on any atom is -0.329 e. The van der Waals surface area contributed by atoms with Gasteiger partial charge in [-0.2, -0.15) is 5.10 Å². The van der Waals surface area contributed by atoms with Crippen molar-refractivity contribution >= 4 is 27.7 Å². The third-order valence-electron chi connectivity index (χ3n) is 6.28. The molecule has 1 saturated carbocycles.